The predicted molar refractivity (Wildman–Crippen MR) is 75.8 cm³/mol. The number of hydrogen-bond acceptors (Lipinski definition) is 4. The van der Waals surface area contributed by atoms with E-state index in [-0.39, 0.29) is 5.97 Å². The minimum Gasteiger partial charge on any atom is -0.462 e. The van der Waals surface area contributed by atoms with Crippen molar-refractivity contribution in [2.24, 2.45) is 0 Å². The normalized spacial score (nSPS) is 10.4. The molecule has 19 heavy (non-hydrogen) atoms. The Morgan fingerprint density at radius 2 is 2.26 bits per heavy atom. The number of benzene rings is 1. The summed E-state index contributed by atoms with van der Waals surface area (Å²) in [6.45, 7) is 2.67. The van der Waals surface area contributed by atoms with Gasteiger partial charge in [-0.1, -0.05) is 15.9 Å². The first-order chi connectivity index (χ1) is 9.08. The molecule has 0 amide bonds. The molecule has 0 spiro atoms. The number of esters is 1. The second-order valence-electron chi connectivity index (χ2n) is 4.04. The Morgan fingerprint density at radius 3 is 2.95 bits per heavy atom. The van der Waals surface area contributed by atoms with Crippen LogP contribution in [0.3, 0.4) is 0 Å². The van der Waals surface area contributed by atoms with Crippen LogP contribution in [0.4, 0.5) is 5.69 Å². The molecule has 1 aromatic heterocycles. The van der Waals surface area contributed by atoms with Crippen molar-refractivity contribution < 1.29 is 9.53 Å². The van der Waals surface area contributed by atoms with E-state index < -0.39 is 0 Å². The highest BCUT2D eigenvalue weighted by atomic mass is 79.9. The predicted octanol–water partition coefficient (Wildman–Crippen LogP) is 2.45. The van der Waals surface area contributed by atoms with Crippen molar-refractivity contribution >= 4 is 27.6 Å². The molecule has 1 heterocycles. The van der Waals surface area contributed by atoms with Crippen LogP contribution in [0.1, 0.15) is 22.8 Å². The number of ether oxygens (including phenoxy) is 1. The van der Waals surface area contributed by atoms with E-state index in [2.05, 4.69) is 21.0 Å². The summed E-state index contributed by atoms with van der Waals surface area (Å²) in [6, 6.07) is 5.66. The average molecular weight is 324 g/mol. The van der Waals surface area contributed by atoms with Gasteiger partial charge in [-0.2, -0.15) is 5.10 Å². The standard InChI is InChI=1S/C13H14BrN3O2/c1-2-19-13(18)10-6-16-17(8-10)7-9-3-11(14)5-12(15)4-9/h3-6,8H,2,7,15H2,1H3. The van der Waals surface area contributed by atoms with Gasteiger partial charge in [0, 0.05) is 16.4 Å². The maximum atomic E-state index is 11.5. The number of rotatable bonds is 4. The molecule has 0 aliphatic carbocycles. The molecule has 0 aliphatic heterocycles. The van der Waals surface area contributed by atoms with Gasteiger partial charge in [0.05, 0.1) is 24.9 Å². The van der Waals surface area contributed by atoms with Crippen LogP contribution in [-0.2, 0) is 11.3 Å². The van der Waals surface area contributed by atoms with Gasteiger partial charge in [-0.15, -0.1) is 0 Å². The number of anilines is 1. The molecule has 6 heteroatoms. The number of aromatic nitrogens is 2. The third-order valence-corrected chi connectivity index (χ3v) is 2.93. The average Bonchev–Trinajstić information content (AvgIpc) is 2.76. The Bertz CT molecular complexity index is 575. The van der Waals surface area contributed by atoms with Crippen molar-refractivity contribution in [3.05, 3.63) is 46.2 Å². The van der Waals surface area contributed by atoms with Crippen LogP contribution in [0.15, 0.2) is 35.1 Å². The van der Waals surface area contributed by atoms with Gasteiger partial charge in [0.15, 0.2) is 0 Å². The molecule has 0 atom stereocenters. The Kier molecular flexibility index (Phi) is 4.21. The lowest BCUT2D eigenvalue weighted by atomic mass is 10.2. The Balaban J connectivity index is 2.13. The lowest BCUT2D eigenvalue weighted by Crippen LogP contribution is -2.04. The second kappa shape index (κ2) is 5.88. The van der Waals surface area contributed by atoms with Crippen molar-refractivity contribution in [1.29, 1.82) is 0 Å². The van der Waals surface area contributed by atoms with Gasteiger partial charge in [-0.3, -0.25) is 4.68 Å². The summed E-state index contributed by atoms with van der Waals surface area (Å²) in [5.74, 6) is -0.359. The number of nitrogens with zero attached hydrogens (tertiary/aromatic N) is 2. The quantitative estimate of drug-likeness (QED) is 0.693. The van der Waals surface area contributed by atoms with Crippen molar-refractivity contribution in [3.63, 3.8) is 0 Å². The fraction of sp³-hybridized carbons (Fsp3) is 0.231. The van der Waals surface area contributed by atoms with Gasteiger partial charge < -0.3 is 10.5 Å². The zero-order valence-corrected chi connectivity index (χ0v) is 12.1. The van der Waals surface area contributed by atoms with Gasteiger partial charge >= 0.3 is 5.97 Å². The first kappa shape index (κ1) is 13.6. The van der Waals surface area contributed by atoms with E-state index in [0.717, 1.165) is 10.0 Å². The van der Waals surface area contributed by atoms with E-state index in [1.165, 1.54) is 6.20 Å². The fourth-order valence-corrected chi connectivity index (χ4v) is 2.28. The van der Waals surface area contributed by atoms with E-state index in [0.29, 0.717) is 24.4 Å². The van der Waals surface area contributed by atoms with Crippen LogP contribution < -0.4 is 5.73 Å². The van der Waals surface area contributed by atoms with Crippen LogP contribution in [0.2, 0.25) is 0 Å². The maximum absolute atomic E-state index is 11.5. The lowest BCUT2D eigenvalue weighted by Gasteiger charge is -2.04. The molecule has 5 nitrogen and oxygen atoms in total. The zero-order chi connectivity index (χ0) is 13.8. The number of nitrogens with two attached hydrogens (primary N) is 1. The highest BCUT2D eigenvalue weighted by molar-refractivity contribution is 9.10. The highest BCUT2D eigenvalue weighted by Crippen LogP contribution is 2.18. The van der Waals surface area contributed by atoms with Crippen LogP contribution in [0, 0.1) is 0 Å². The molecule has 100 valence electrons. The number of hydrogen-bond donors (Lipinski definition) is 1. The Labute approximate surface area is 119 Å². The number of carbonyl (C=O) groups is 1. The van der Waals surface area contributed by atoms with Gasteiger partial charge in [0.1, 0.15) is 0 Å². The van der Waals surface area contributed by atoms with Crippen LogP contribution in [0.5, 0.6) is 0 Å². The molecule has 2 aromatic rings. The fourth-order valence-electron chi connectivity index (χ4n) is 1.72. The molecule has 1 aromatic carbocycles. The Hall–Kier alpha value is -1.82. The summed E-state index contributed by atoms with van der Waals surface area (Å²) in [4.78, 5) is 11.5. The second-order valence-corrected chi connectivity index (χ2v) is 4.96. The smallest absolute Gasteiger partial charge is 0.341 e. The summed E-state index contributed by atoms with van der Waals surface area (Å²) >= 11 is 3.39. The van der Waals surface area contributed by atoms with Crippen molar-refractivity contribution in [2.45, 2.75) is 13.5 Å². The SMILES string of the molecule is CCOC(=O)c1cnn(Cc2cc(N)cc(Br)c2)c1. The molecule has 2 N–H and O–H groups in total. The minimum atomic E-state index is -0.359. The largest absolute Gasteiger partial charge is 0.462 e. The van der Waals surface area contributed by atoms with Crippen molar-refractivity contribution in [3.8, 4) is 0 Å². The molecule has 2 rings (SSSR count). The van der Waals surface area contributed by atoms with E-state index in [1.54, 1.807) is 17.8 Å². The van der Waals surface area contributed by atoms with Gasteiger partial charge in [-0.25, -0.2) is 4.79 Å². The van der Waals surface area contributed by atoms with E-state index in [9.17, 15) is 4.79 Å². The van der Waals surface area contributed by atoms with Gasteiger partial charge in [0.25, 0.3) is 0 Å². The number of carbonyl (C=O) groups excluding carboxylic acids is 1. The van der Waals surface area contributed by atoms with Crippen LogP contribution >= 0.6 is 15.9 Å². The molecular weight excluding hydrogens is 310 g/mol. The van der Waals surface area contributed by atoms with E-state index in [4.69, 9.17) is 10.5 Å². The van der Waals surface area contributed by atoms with Crippen molar-refractivity contribution in [1.82, 2.24) is 9.78 Å². The summed E-state index contributed by atoms with van der Waals surface area (Å²) in [7, 11) is 0. The molecule has 0 unspecified atom stereocenters. The molecule has 0 radical (unpaired) electrons. The number of halogens is 1. The zero-order valence-electron chi connectivity index (χ0n) is 10.5. The first-order valence-electron chi connectivity index (χ1n) is 5.83. The first-order valence-corrected chi connectivity index (χ1v) is 6.62. The molecule has 0 aliphatic rings. The van der Waals surface area contributed by atoms with Gasteiger partial charge in [-0.05, 0) is 30.7 Å². The molecule has 0 saturated heterocycles. The summed E-state index contributed by atoms with van der Waals surface area (Å²) in [5, 5.41) is 4.13. The Morgan fingerprint density at radius 1 is 1.47 bits per heavy atom. The highest BCUT2D eigenvalue weighted by Gasteiger charge is 2.09. The molecular formula is C13H14BrN3O2. The summed E-state index contributed by atoms with van der Waals surface area (Å²) in [5.41, 5.74) is 7.91. The molecule has 0 fully saturated rings. The van der Waals surface area contributed by atoms with E-state index >= 15 is 0 Å². The number of nitrogen functional groups attached to an aromatic ring is 1. The topological polar surface area (TPSA) is 70.1 Å². The van der Waals surface area contributed by atoms with E-state index in [1.807, 2.05) is 18.2 Å². The monoisotopic (exact) mass is 323 g/mol. The van der Waals surface area contributed by atoms with Crippen LogP contribution in [0.25, 0.3) is 0 Å². The third-order valence-electron chi connectivity index (χ3n) is 2.47. The lowest BCUT2D eigenvalue weighted by molar-refractivity contribution is 0.0526. The maximum Gasteiger partial charge on any atom is 0.341 e. The molecule has 0 saturated carbocycles. The summed E-state index contributed by atoms with van der Waals surface area (Å²) < 4.78 is 7.50. The molecule has 0 bridgehead atoms. The van der Waals surface area contributed by atoms with Crippen LogP contribution in [-0.4, -0.2) is 22.4 Å². The van der Waals surface area contributed by atoms with Gasteiger partial charge in [0.2, 0.25) is 0 Å². The third kappa shape index (κ3) is 3.57. The minimum absolute atomic E-state index is 0.353. The summed E-state index contributed by atoms with van der Waals surface area (Å²) in [6.07, 6.45) is 3.16. The van der Waals surface area contributed by atoms with Crippen molar-refractivity contribution in [2.75, 3.05) is 12.3 Å².